The normalized spacial score (nSPS) is 12.5. The average Bonchev–Trinajstić information content (AvgIpc) is 2.28. The van der Waals surface area contributed by atoms with Gasteiger partial charge in [0.2, 0.25) is 0 Å². The van der Waals surface area contributed by atoms with Gasteiger partial charge in [-0.2, -0.15) is 4.57 Å². The van der Waals surface area contributed by atoms with Crippen molar-refractivity contribution < 1.29 is 4.57 Å². The van der Waals surface area contributed by atoms with Gasteiger partial charge in [-0.25, -0.2) is 0 Å². The molecule has 1 unspecified atom stereocenters. The molecule has 17 heavy (non-hydrogen) atoms. The predicted molar refractivity (Wildman–Crippen MR) is 71.1 cm³/mol. The zero-order chi connectivity index (χ0) is 12.4. The molecule has 0 aliphatic heterocycles. The van der Waals surface area contributed by atoms with Crippen molar-refractivity contribution >= 4 is 0 Å². The van der Waals surface area contributed by atoms with Gasteiger partial charge in [-0.3, -0.25) is 0 Å². The van der Waals surface area contributed by atoms with E-state index in [9.17, 15) is 0 Å². The standard InChI is InChI=1S/C16H20N/c1-12-10-13(2)17(14(3)11-12)15(4)16-8-6-5-7-9-16/h5-11,15H,1-4H3/q+1. The summed E-state index contributed by atoms with van der Waals surface area (Å²) < 4.78 is 2.39. The molecule has 1 heteroatoms. The Labute approximate surface area is 104 Å². The SMILES string of the molecule is Cc1cc(C)[n+](C(C)c2ccccc2)c(C)c1. The fourth-order valence-electron chi connectivity index (χ4n) is 2.61. The van der Waals surface area contributed by atoms with E-state index >= 15 is 0 Å². The van der Waals surface area contributed by atoms with E-state index in [0.29, 0.717) is 6.04 Å². The highest BCUT2D eigenvalue weighted by molar-refractivity contribution is 5.18. The number of hydrogen-bond donors (Lipinski definition) is 0. The highest BCUT2D eigenvalue weighted by atomic mass is 15.0. The minimum Gasteiger partial charge on any atom is -0.194 e. The monoisotopic (exact) mass is 226 g/mol. The Balaban J connectivity index is 2.48. The maximum atomic E-state index is 2.39. The molecule has 1 heterocycles. The summed E-state index contributed by atoms with van der Waals surface area (Å²) in [5.41, 5.74) is 5.32. The van der Waals surface area contributed by atoms with Crippen LogP contribution < -0.4 is 4.57 Å². The van der Waals surface area contributed by atoms with Crippen LogP contribution in [0.3, 0.4) is 0 Å². The van der Waals surface area contributed by atoms with E-state index in [0.717, 1.165) is 0 Å². The smallest absolute Gasteiger partial charge is 0.181 e. The third kappa shape index (κ3) is 2.38. The first kappa shape index (κ1) is 11.8. The number of rotatable bonds is 2. The van der Waals surface area contributed by atoms with Crippen LogP contribution in [0.15, 0.2) is 42.5 Å². The summed E-state index contributed by atoms with van der Waals surface area (Å²) in [4.78, 5) is 0. The molecule has 0 N–H and O–H groups in total. The number of benzene rings is 1. The second kappa shape index (κ2) is 4.70. The van der Waals surface area contributed by atoms with Crippen molar-refractivity contribution in [1.29, 1.82) is 0 Å². The van der Waals surface area contributed by atoms with Crippen molar-refractivity contribution in [3.05, 3.63) is 65.0 Å². The summed E-state index contributed by atoms with van der Waals surface area (Å²) in [6.07, 6.45) is 0. The first-order chi connectivity index (χ1) is 8.09. The molecule has 88 valence electrons. The minimum atomic E-state index is 0.386. The van der Waals surface area contributed by atoms with Gasteiger partial charge in [0.05, 0.1) is 0 Å². The molecule has 0 radical (unpaired) electrons. The van der Waals surface area contributed by atoms with Gasteiger partial charge in [0.25, 0.3) is 0 Å². The third-order valence-corrected chi connectivity index (χ3v) is 3.30. The van der Waals surface area contributed by atoms with E-state index < -0.39 is 0 Å². The second-order valence-corrected chi connectivity index (χ2v) is 4.77. The number of aromatic nitrogens is 1. The molecule has 0 saturated heterocycles. The van der Waals surface area contributed by atoms with Gasteiger partial charge in [0.15, 0.2) is 17.4 Å². The third-order valence-electron chi connectivity index (χ3n) is 3.30. The van der Waals surface area contributed by atoms with Gasteiger partial charge < -0.3 is 0 Å². The van der Waals surface area contributed by atoms with E-state index in [1.807, 2.05) is 0 Å². The highest BCUT2D eigenvalue weighted by Gasteiger charge is 2.20. The average molecular weight is 226 g/mol. The molecule has 0 aliphatic carbocycles. The molecule has 1 aromatic heterocycles. The molecule has 0 spiro atoms. The van der Waals surface area contributed by atoms with Crippen LogP contribution in [-0.2, 0) is 0 Å². The Bertz CT molecular complexity index is 491. The Morgan fingerprint density at radius 1 is 0.882 bits per heavy atom. The Morgan fingerprint density at radius 2 is 1.41 bits per heavy atom. The van der Waals surface area contributed by atoms with Crippen molar-refractivity contribution in [2.24, 2.45) is 0 Å². The molecule has 2 rings (SSSR count). The molecule has 0 fully saturated rings. The lowest BCUT2D eigenvalue weighted by atomic mass is 10.1. The molecule has 0 saturated carbocycles. The van der Waals surface area contributed by atoms with Crippen LogP contribution >= 0.6 is 0 Å². The number of pyridine rings is 1. The molecule has 2 aromatic rings. The van der Waals surface area contributed by atoms with Crippen LogP contribution in [-0.4, -0.2) is 0 Å². The molecule has 1 atom stereocenters. The molecule has 1 aromatic carbocycles. The minimum absolute atomic E-state index is 0.386. The van der Waals surface area contributed by atoms with Crippen LogP contribution in [0.1, 0.15) is 35.5 Å². The summed E-state index contributed by atoms with van der Waals surface area (Å²) in [5.74, 6) is 0. The number of hydrogen-bond acceptors (Lipinski definition) is 0. The second-order valence-electron chi connectivity index (χ2n) is 4.77. The summed E-state index contributed by atoms with van der Waals surface area (Å²) in [6, 6.07) is 15.5. The van der Waals surface area contributed by atoms with Crippen LogP contribution in [0, 0.1) is 20.8 Å². The van der Waals surface area contributed by atoms with Crippen molar-refractivity contribution in [3.8, 4) is 0 Å². The summed E-state index contributed by atoms with van der Waals surface area (Å²) >= 11 is 0. The zero-order valence-electron chi connectivity index (χ0n) is 11.1. The Morgan fingerprint density at radius 3 is 1.94 bits per heavy atom. The van der Waals surface area contributed by atoms with Gasteiger partial charge >= 0.3 is 0 Å². The fourth-order valence-corrected chi connectivity index (χ4v) is 2.61. The maximum absolute atomic E-state index is 2.39. The summed E-state index contributed by atoms with van der Waals surface area (Å²) in [7, 11) is 0. The van der Waals surface area contributed by atoms with E-state index in [2.05, 4.69) is 74.7 Å². The first-order valence-electron chi connectivity index (χ1n) is 6.14. The van der Waals surface area contributed by atoms with Crippen molar-refractivity contribution in [3.63, 3.8) is 0 Å². The lowest BCUT2D eigenvalue weighted by Gasteiger charge is -2.12. The summed E-state index contributed by atoms with van der Waals surface area (Å²) in [6.45, 7) is 8.76. The van der Waals surface area contributed by atoms with Crippen LogP contribution in [0.5, 0.6) is 0 Å². The Hall–Kier alpha value is -1.63. The number of nitrogens with zero attached hydrogens (tertiary/aromatic N) is 1. The van der Waals surface area contributed by atoms with Gasteiger partial charge in [0.1, 0.15) is 0 Å². The molecule has 1 nitrogen and oxygen atoms in total. The summed E-state index contributed by atoms with van der Waals surface area (Å²) in [5, 5.41) is 0. The maximum Gasteiger partial charge on any atom is 0.181 e. The van der Waals surface area contributed by atoms with Crippen molar-refractivity contribution in [1.82, 2.24) is 0 Å². The van der Waals surface area contributed by atoms with Gasteiger partial charge in [-0.1, -0.05) is 30.3 Å². The van der Waals surface area contributed by atoms with Crippen LogP contribution in [0.4, 0.5) is 0 Å². The number of aryl methyl sites for hydroxylation is 3. The Kier molecular flexibility index (Phi) is 3.28. The fraction of sp³-hybridized carbons (Fsp3) is 0.312. The van der Waals surface area contributed by atoms with Gasteiger partial charge in [-0.15, -0.1) is 0 Å². The van der Waals surface area contributed by atoms with Gasteiger partial charge in [-0.05, 0) is 12.5 Å². The molecular weight excluding hydrogens is 206 g/mol. The van der Waals surface area contributed by atoms with Crippen LogP contribution in [0.2, 0.25) is 0 Å². The van der Waals surface area contributed by atoms with E-state index in [1.54, 1.807) is 0 Å². The van der Waals surface area contributed by atoms with Crippen molar-refractivity contribution in [2.75, 3.05) is 0 Å². The van der Waals surface area contributed by atoms with Crippen LogP contribution in [0.25, 0.3) is 0 Å². The highest BCUT2D eigenvalue weighted by Crippen LogP contribution is 2.14. The lowest BCUT2D eigenvalue weighted by molar-refractivity contribution is -0.721. The van der Waals surface area contributed by atoms with E-state index in [4.69, 9.17) is 0 Å². The molecule has 0 amide bonds. The van der Waals surface area contributed by atoms with Gasteiger partial charge in [0, 0.05) is 38.5 Å². The topological polar surface area (TPSA) is 3.88 Å². The first-order valence-corrected chi connectivity index (χ1v) is 6.14. The van der Waals surface area contributed by atoms with E-state index in [1.165, 1.54) is 22.5 Å². The molecular formula is C16H20N+. The predicted octanol–water partition coefficient (Wildman–Crippen LogP) is 3.51. The largest absolute Gasteiger partial charge is 0.194 e. The quantitative estimate of drug-likeness (QED) is 0.690. The lowest BCUT2D eigenvalue weighted by Crippen LogP contribution is -2.44. The zero-order valence-corrected chi connectivity index (χ0v) is 11.1. The van der Waals surface area contributed by atoms with Crippen molar-refractivity contribution in [2.45, 2.75) is 33.7 Å². The van der Waals surface area contributed by atoms with E-state index in [-0.39, 0.29) is 0 Å². The molecule has 0 bridgehead atoms. The molecule has 0 aliphatic rings.